The summed E-state index contributed by atoms with van der Waals surface area (Å²) in [6.45, 7) is 5.15. The fourth-order valence-corrected chi connectivity index (χ4v) is 3.12. The van der Waals surface area contributed by atoms with Crippen molar-refractivity contribution in [2.75, 3.05) is 24.5 Å². The molecule has 120 valence electrons. The number of nitrogens with one attached hydrogen (secondary N) is 1. The molecule has 1 unspecified atom stereocenters. The van der Waals surface area contributed by atoms with Gasteiger partial charge in [-0.15, -0.1) is 5.10 Å². The van der Waals surface area contributed by atoms with Crippen LogP contribution in [0.25, 0.3) is 6.08 Å². The van der Waals surface area contributed by atoms with Crippen molar-refractivity contribution in [3.8, 4) is 0 Å². The molecule has 1 atom stereocenters. The van der Waals surface area contributed by atoms with Crippen molar-refractivity contribution in [1.82, 2.24) is 15.5 Å². The first-order valence-corrected chi connectivity index (χ1v) is 8.30. The molecule has 1 N–H and O–H groups in total. The molecule has 4 nitrogen and oxygen atoms in total. The summed E-state index contributed by atoms with van der Waals surface area (Å²) in [6, 6.07) is 15.0. The molecule has 1 aliphatic heterocycles. The first kappa shape index (κ1) is 15.7. The van der Waals surface area contributed by atoms with E-state index in [9.17, 15) is 0 Å². The van der Waals surface area contributed by atoms with Gasteiger partial charge in [-0.1, -0.05) is 42.0 Å². The minimum absolute atomic E-state index is 0.510. The minimum atomic E-state index is 0.510. The van der Waals surface area contributed by atoms with Gasteiger partial charge in [0, 0.05) is 31.9 Å². The van der Waals surface area contributed by atoms with E-state index in [0.29, 0.717) is 6.04 Å². The molecule has 1 aromatic heterocycles. The number of rotatable bonds is 6. The zero-order chi connectivity index (χ0) is 15.9. The highest BCUT2D eigenvalue weighted by Crippen LogP contribution is 2.22. The van der Waals surface area contributed by atoms with Crippen molar-refractivity contribution in [2.45, 2.75) is 25.8 Å². The summed E-state index contributed by atoms with van der Waals surface area (Å²) in [7, 11) is 0. The SMILES string of the molecule is CC(=Cc1ccccc1)CNCC1CCCN1c1cccnn1. The maximum atomic E-state index is 4.25. The average molecular weight is 308 g/mol. The van der Waals surface area contributed by atoms with Crippen LogP contribution in [0.5, 0.6) is 0 Å². The van der Waals surface area contributed by atoms with Crippen LogP contribution in [0, 0.1) is 0 Å². The highest BCUT2D eigenvalue weighted by Gasteiger charge is 2.25. The van der Waals surface area contributed by atoms with Gasteiger partial charge in [0.15, 0.2) is 5.82 Å². The van der Waals surface area contributed by atoms with Crippen LogP contribution in [0.2, 0.25) is 0 Å². The Bertz CT molecular complexity index is 624. The van der Waals surface area contributed by atoms with Gasteiger partial charge in [0.05, 0.1) is 0 Å². The molecular weight excluding hydrogens is 284 g/mol. The van der Waals surface area contributed by atoms with E-state index in [1.807, 2.05) is 18.2 Å². The molecule has 1 aromatic carbocycles. The number of aromatic nitrogens is 2. The molecule has 1 fully saturated rings. The Labute approximate surface area is 138 Å². The lowest BCUT2D eigenvalue weighted by Gasteiger charge is -2.25. The maximum Gasteiger partial charge on any atom is 0.151 e. The highest BCUT2D eigenvalue weighted by atomic mass is 15.3. The van der Waals surface area contributed by atoms with Crippen LogP contribution in [0.15, 0.2) is 54.2 Å². The molecule has 0 bridgehead atoms. The standard InChI is InChI=1S/C19H24N4/c1-16(13-17-7-3-2-4-8-17)14-20-15-18-9-6-12-23(18)19-10-5-11-21-22-19/h2-5,7-8,10-11,13,18,20H,6,9,12,14-15H2,1H3. The van der Waals surface area contributed by atoms with Crippen LogP contribution in [0.1, 0.15) is 25.3 Å². The molecule has 2 heterocycles. The van der Waals surface area contributed by atoms with E-state index < -0.39 is 0 Å². The molecule has 0 saturated carbocycles. The topological polar surface area (TPSA) is 41.0 Å². The monoisotopic (exact) mass is 308 g/mol. The lowest BCUT2D eigenvalue weighted by Crippen LogP contribution is -2.39. The summed E-state index contributed by atoms with van der Waals surface area (Å²) in [5.41, 5.74) is 2.61. The second-order valence-corrected chi connectivity index (χ2v) is 6.10. The van der Waals surface area contributed by atoms with E-state index in [1.54, 1.807) is 6.20 Å². The number of hydrogen-bond donors (Lipinski definition) is 1. The molecule has 4 heteroatoms. The van der Waals surface area contributed by atoms with Crippen LogP contribution >= 0.6 is 0 Å². The van der Waals surface area contributed by atoms with E-state index in [4.69, 9.17) is 0 Å². The van der Waals surface area contributed by atoms with Gasteiger partial charge in [0.2, 0.25) is 0 Å². The summed E-state index contributed by atoms with van der Waals surface area (Å²) >= 11 is 0. The smallest absolute Gasteiger partial charge is 0.151 e. The lowest BCUT2D eigenvalue weighted by atomic mass is 10.1. The molecule has 0 radical (unpaired) electrons. The third-order valence-corrected chi connectivity index (χ3v) is 4.23. The van der Waals surface area contributed by atoms with Gasteiger partial charge in [-0.05, 0) is 37.5 Å². The predicted molar refractivity (Wildman–Crippen MR) is 95.4 cm³/mol. The maximum absolute atomic E-state index is 4.25. The predicted octanol–water partition coefficient (Wildman–Crippen LogP) is 3.14. The Morgan fingerprint density at radius 2 is 2.13 bits per heavy atom. The van der Waals surface area contributed by atoms with Crippen LogP contribution in [-0.2, 0) is 0 Å². The van der Waals surface area contributed by atoms with Crippen molar-refractivity contribution in [1.29, 1.82) is 0 Å². The van der Waals surface area contributed by atoms with Crippen molar-refractivity contribution < 1.29 is 0 Å². The van der Waals surface area contributed by atoms with E-state index >= 15 is 0 Å². The summed E-state index contributed by atoms with van der Waals surface area (Å²) in [5, 5.41) is 11.8. The number of nitrogens with zero attached hydrogens (tertiary/aromatic N) is 3. The summed E-state index contributed by atoms with van der Waals surface area (Å²) in [4.78, 5) is 2.37. The van der Waals surface area contributed by atoms with Crippen LogP contribution < -0.4 is 10.2 Å². The van der Waals surface area contributed by atoms with Gasteiger partial charge in [-0.25, -0.2) is 0 Å². The van der Waals surface area contributed by atoms with Crippen LogP contribution in [0.4, 0.5) is 5.82 Å². The Morgan fingerprint density at radius 1 is 1.26 bits per heavy atom. The van der Waals surface area contributed by atoms with Gasteiger partial charge in [-0.3, -0.25) is 0 Å². The second-order valence-electron chi connectivity index (χ2n) is 6.10. The molecular formula is C19H24N4. The van der Waals surface area contributed by atoms with Gasteiger partial charge in [0.25, 0.3) is 0 Å². The molecule has 1 aliphatic rings. The lowest BCUT2D eigenvalue weighted by molar-refractivity contribution is 0.588. The van der Waals surface area contributed by atoms with Crippen molar-refractivity contribution in [3.63, 3.8) is 0 Å². The van der Waals surface area contributed by atoms with Gasteiger partial charge >= 0.3 is 0 Å². The molecule has 23 heavy (non-hydrogen) atoms. The Balaban J connectivity index is 1.51. The first-order chi connectivity index (χ1) is 11.3. The molecule has 3 rings (SSSR count). The Morgan fingerprint density at radius 3 is 2.91 bits per heavy atom. The summed E-state index contributed by atoms with van der Waals surface area (Å²) < 4.78 is 0. The van der Waals surface area contributed by atoms with Crippen molar-refractivity contribution in [3.05, 3.63) is 59.8 Å². The number of anilines is 1. The number of hydrogen-bond acceptors (Lipinski definition) is 4. The fraction of sp³-hybridized carbons (Fsp3) is 0.368. The quantitative estimate of drug-likeness (QED) is 0.890. The van der Waals surface area contributed by atoms with Gasteiger partial charge in [-0.2, -0.15) is 5.10 Å². The molecule has 0 spiro atoms. The van der Waals surface area contributed by atoms with Crippen LogP contribution in [-0.4, -0.2) is 35.9 Å². The summed E-state index contributed by atoms with van der Waals surface area (Å²) in [6.07, 6.45) is 6.40. The first-order valence-electron chi connectivity index (χ1n) is 8.30. The highest BCUT2D eigenvalue weighted by molar-refractivity contribution is 5.52. The normalized spacial score (nSPS) is 18.4. The average Bonchev–Trinajstić information content (AvgIpc) is 3.05. The third kappa shape index (κ3) is 4.39. The van der Waals surface area contributed by atoms with Gasteiger partial charge < -0.3 is 10.2 Å². The van der Waals surface area contributed by atoms with E-state index in [-0.39, 0.29) is 0 Å². The molecule has 0 aliphatic carbocycles. The Kier molecular flexibility index (Phi) is 5.37. The molecule has 1 saturated heterocycles. The zero-order valence-corrected chi connectivity index (χ0v) is 13.7. The van der Waals surface area contributed by atoms with Crippen molar-refractivity contribution >= 4 is 11.9 Å². The molecule has 0 amide bonds. The Hall–Kier alpha value is -2.20. The third-order valence-electron chi connectivity index (χ3n) is 4.23. The van der Waals surface area contributed by atoms with E-state index in [2.05, 4.69) is 57.7 Å². The fourth-order valence-electron chi connectivity index (χ4n) is 3.12. The van der Waals surface area contributed by atoms with E-state index in [0.717, 1.165) is 25.5 Å². The van der Waals surface area contributed by atoms with Gasteiger partial charge in [0.1, 0.15) is 0 Å². The molecule has 2 aromatic rings. The number of benzene rings is 1. The van der Waals surface area contributed by atoms with Crippen LogP contribution in [0.3, 0.4) is 0 Å². The summed E-state index contributed by atoms with van der Waals surface area (Å²) in [5.74, 6) is 0.994. The van der Waals surface area contributed by atoms with E-state index in [1.165, 1.54) is 24.0 Å². The second kappa shape index (κ2) is 7.88. The zero-order valence-electron chi connectivity index (χ0n) is 13.7. The largest absolute Gasteiger partial charge is 0.351 e. The van der Waals surface area contributed by atoms with Crippen molar-refractivity contribution in [2.24, 2.45) is 0 Å². The minimum Gasteiger partial charge on any atom is -0.351 e.